The summed E-state index contributed by atoms with van der Waals surface area (Å²) in [5, 5.41) is 11.1. The predicted octanol–water partition coefficient (Wildman–Crippen LogP) is 2.81. The molecule has 1 fully saturated rings. The zero-order valence-electron chi connectivity index (χ0n) is 15.1. The molecule has 160 valence electrons. The van der Waals surface area contributed by atoms with Gasteiger partial charge in [-0.2, -0.15) is 13.2 Å². The maximum Gasteiger partial charge on any atom is 0.416 e. The summed E-state index contributed by atoms with van der Waals surface area (Å²) in [6.45, 7) is 0. The summed E-state index contributed by atoms with van der Waals surface area (Å²) in [7, 11) is -3.80. The van der Waals surface area contributed by atoms with Crippen molar-refractivity contribution in [1.29, 1.82) is 0 Å². The number of hydrazine groups is 1. The third-order valence-corrected chi connectivity index (χ3v) is 5.66. The summed E-state index contributed by atoms with van der Waals surface area (Å²) in [5.74, 6) is -0.840. The van der Waals surface area contributed by atoms with E-state index < -0.39 is 38.3 Å². The van der Waals surface area contributed by atoms with E-state index in [-0.39, 0.29) is 22.2 Å². The van der Waals surface area contributed by atoms with Crippen LogP contribution >= 0.6 is 0 Å². The molecule has 1 amide bonds. The van der Waals surface area contributed by atoms with Crippen molar-refractivity contribution in [3.05, 3.63) is 63.7 Å². The number of sulfonamides is 1. The first-order chi connectivity index (χ1) is 14.0. The van der Waals surface area contributed by atoms with Crippen LogP contribution in [0.15, 0.2) is 47.4 Å². The van der Waals surface area contributed by atoms with Crippen molar-refractivity contribution in [1.82, 2.24) is 10.1 Å². The number of nitrogens with zero attached hydrogens (tertiary/aromatic N) is 1. The van der Waals surface area contributed by atoms with Gasteiger partial charge in [-0.05, 0) is 43.2 Å². The van der Waals surface area contributed by atoms with Gasteiger partial charge in [0.05, 0.1) is 15.4 Å². The van der Waals surface area contributed by atoms with Crippen LogP contribution in [0.25, 0.3) is 0 Å². The highest BCUT2D eigenvalue weighted by molar-refractivity contribution is 7.89. The fraction of sp³-hybridized carbons (Fsp3) is 0.235. The van der Waals surface area contributed by atoms with E-state index >= 15 is 0 Å². The molecular formula is C17H15F3N4O5S. The van der Waals surface area contributed by atoms with Crippen LogP contribution in [0.4, 0.5) is 24.5 Å². The van der Waals surface area contributed by atoms with Crippen LogP contribution in [0, 0.1) is 10.1 Å². The second-order valence-electron chi connectivity index (χ2n) is 6.49. The molecule has 1 aliphatic carbocycles. The third kappa shape index (κ3) is 5.04. The zero-order chi connectivity index (χ0) is 22.1. The van der Waals surface area contributed by atoms with E-state index in [9.17, 15) is 36.5 Å². The van der Waals surface area contributed by atoms with Gasteiger partial charge in [-0.1, -0.05) is 6.07 Å². The lowest BCUT2D eigenvalue weighted by atomic mass is 10.1. The Balaban J connectivity index is 1.76. The van der Waals surface area contributed by atoms with Crippen LogP contribution < -0.4 is 15.6 Å². The standard InChI is InChI=1S/C17H15F3N4O5S/c18-17(19,20)11-4-7-14(15(9-11)24(26)27)21-22-16(25)10-2-1-3-13(8-10)30(28,29)23-12-5-6-12/h1-4,7-9,12,21,23H,5-6H2,(H,22,25). The quantitative estimate of drug-likeness (QED) is 0.445. The highest BCUT2D eigenvalue weighted by atomic mass is 32.2. The molecular weight excluding hydrogens is 429 g/mol. The number of hydrogen-bond acceptors (Lipinski definition) is 6. The smallest absolute Gasteiger partial charge is 0.292 e. The normalized spacial score (nSPS) is 14.2. The Morgan fingerprint density at radius 2 is 1.83 bits per heavy atom. The van der Waals surface area contributed by atoms with Gasteiger partial charge < -0.3 is 0 Å². The molecule has 2 aromatic carbocycles. The lowest BCUT2D eigenvalue weighted by molar-refractivity contribution is -0.384. The Morgan fingerprint density at radius 1 is 1.13 bits per heavy atom. The Bertz CT molecular complexity index is 1100. The number of nitrogens with one attached hydrogen (secondary N) is 3. The molecule has 0 atom stereocenters. The van der Waals surface area contributed by atoms with Gasteiger partial charge in [0.25, 0.3) is 11.6 Å². The Labute approximate surface area is 168 Å². The van der Waals surface area contributed by atoms with E-state index in [1.807, 2.05) is 0 Å². The molecule has 0 saturated heterocycles. The molecule has 0 spiro atoms. The van der Waals surface area contributed by atoms with Crippen molar-refractivity contribution in [3.63, 3.8) is 0 Å². The average Bonchev–Trinajstić information content (AvgIpc) is 3.48. The first-order valence-corrected chi connectivity index (χ1v) is 10.00. The topological polar surface area (TPSA) is 130 Å². The maximum atomic E-state index is 12.7. The summed E-state index contributed by atoms with van der Waals surface area (Å²) in [6, 6.07) is 6.71. The van der Waals surface area contributed by atoms with Crippen LogP contribution in [0.2, 0.25) is 0 Å². The van der Waals surface area contributed by atoms with Crippen LogP contribution in [0.5, 0.6) is 0 Å². The average molecular weight is 444 g/mol. The Morgan fingerprint density at radius 3 is 2.43 bits per heavy atom. The minimum Gasteiger partial charge on any atom is -0.292 e. The lowest BCUT2D eigenvalue weighted by Gasteiger charge is -2.12. The van der Waals surface area contributed by atoms with E-state index in [4.69, 9.17) is 0 Å². The lowest BCUT2D eigenvalue weighted by Crippen LogP contribution is -2.30. The summed E-state index contributed by atoms with van der Waals surface area (Å²) in [6.07, 6.45) is -3.31. The molecule has 0 aromatic heterocycles. The molecule has 3 N–H and O–H groups in total. The van der Waals surface area contributed by atoms with Crippen LogP contribution in [-0.4, -0.2) is 25.3 Å². The monoisotopic (exact) mass is 444 g/mol. The SMILES string of the molecule is O=C(NNc1ccc(C(F)(F)F)cc1[N+](=O)[O-])c1cccc(S(=O)(=O)NC2CC2)c1. The van der Waals surface area contributed by atoms with E-state index in [0.29, 0.717) is 12.1 Å². The van der Waals surface area contributed by atoms with Crippen molar-refractivity contribution in [2.75, 3.05) is 5.43 Å². The number of benzene rings is 2. The summed E-state index contributed by atoms with van der Waals surface area (Å²) in [4.78, 5) is 22.2. The van der Waals surface area contributed by atoms with Crippen molar-refractivity contribution in [3.8, 4) is 0 Å². The predicted molar refractivity (Wildman–Crippen MR) is 99.0 cm³/mol. The minimum atomic E-state index is -4.77. The van der Waals surface area contributed by atoms with E-state index in [2.05, 4.69) is 15.6 Å². The van der Waals surface area contributed by atoms with E-state index in [0.717, 1.165) is 25.0 Å². The highest BCUT2D eigenvalue weighted by Crippen LogP contribution is 2.34. The maximum absolute atomic E-state index is 12.7. The number of carbonyl (C=O) groups is 1. The fourth-order valence-electron chi connectivity index (χ4n) is 2.45. The molecule has 9 nitrogen and oxygen atoms in total. The van der Waals surface area contributed by atoms with Gasteiger partial charge >= 0.3 is 6.18 Å². The molecule has 0 aliphatic heterocycles. The molecule has 3 rings (SSSR count). The molecule has 2 aromatic rings. The molecule has 0 bridgehead atoms. The van der Waals surface area contributed by atoms with Crippen molar-refractivity contribution in [2.24, 2.45) is 0 Å². The molecule has 30 heavy (non-hydrogen) atoms. The first kappa shape index (κ1) is 21.5. The van der Waals surface area contributed by atoms with Gasteiger partial charge in [0.2, 0.25) is 10.0 Å². The van der Waals surface area contributed by atoms with Gasteiger partial charge in [0.15, 0.2) is 0 Å². The first-order valence-electron chi connectivity index (χ1n) is 8.52. The number of carbonyl (C=O) groups excluding carboxylic acids is 1. The molecule has 0 heterocycles. The van der Waals surface area contributed by atoms with E-state index in [1.165, 1.54) is 18.2 Å². The second kappa shape index (κ2) is 7.91. The molecule has 13 heteroatoms. The largest absolute Gasteiger partial charge is 0.416 e. The number of hydrogen-bond donors (Lipinski definition) is 3. The third-order valence-electron chi connectivity index (χ3n) is 4.14. The Hall–Kier alpha value is -3.19. The number of amides is 1. The van der Waals surface area contributed by atoms with Crippen LogP contribution in [0.1, 0.15) is 28.8 Å². The number of alkyl halides is 3. The zero-order valence-corrected chi connectivity index (χ0v) is 15.9. The second-order valence-corrected chi connectivity index (χ2v) is 8.20. The summed E-state index contributed by atoms with van der Waals surface area (Å²) in [5.41, 5.74) is 1.75. The van der Waals surface area contributed by atoms with Gasteiger partial charge in [-0.3, -0.25) is 25.8 Å². The molecule has 1 saturated carbocycles. The summed E-state index contributed by atoms with van der Waals surface area (Å²) >= 11 is 0. The number of halogens is 3. The van der Waals surface area contributed by atoms with Crippen molar-refractivity contribution < 1.29 is 31.3 Å². The fourth-order valence-corrected chi connectivity index (χ4v) is 3.80. The summed E-state index contributed by atoms with van der Waals surface area (Å²) < 4.78 is 65.2. The number of nitro benzene ring substituents is 1. The molecule has 0 unspecified atom stereocenters. The van der Waals surface area contributed by atoms with Gasteiger partial charge in [0.1, 0.15) is 5.69 Å². The number of rotatable bonds is 7. The molecule has 1 aliphatic rings. The Kier molecular flexibility index (Phi) is 5.67. The van der Waals surface area contributed by atoms with Crippen LogP contribution in [-0.2, 0) is 16.2 Å². The van der Waals surface area contributed by atoms with Gasteiger partial charge in [0, 0.05) is 17.7 Å². The van der Waals surface area contributed by atoms with Crippen molar-refractivity contribution >= 4 is 27.3 Å². The van der Waals surface area contributed by atoms with Gasteiger partial charge in [-0.25, -0.2) is 13.1 Å². The molecule has 0 radical (unpaired) electrons. The minimum absolute atomic E-state index is 0.0734. The number of anilines is 1. The van der Waals surface area contributed by atoms with Crippen molar-refractivity contribution in [2.45, 2.75) is 30.0 Å². The van der Waals surface area contributed by atoms with Gasteiger partial charge in [-0.15, -0.1) is 0 Å². The number of nitro groups is 1. The highest BCUT2D eigenvalue weighted by Gasteiger charge is 2.33. The van der Waals surface area contributed by atoms with Crippen LogP contribution in [0.3, 0.4) is 0 Å². The van der Waals surface area contributed by atoms with E-state index in [1.54, 1.807) is 0 Å².